The van der Waals surface area contributed by atoms with E-state index in [1.807, 2.05) is 11.8 Å². The highest BCUT2D eigenvalue weighted by Crippen LogP contribution is 2.27. The van der Waals surface area contributed by atoms with Gasteiger partial charge < -0.3 is 10.2 Å². The highest BCUT2D eigenvalue weighted by atomic mass is 16.2. The molecule has 1 atom stereocenters. The van der Waals surface area contributed by atoms with Gasteiger partial charge in [0, 0.05) is 45.8 Å². The van der Waals surface area contributed by atoms with Crippen molar-refractivity contribution in [3.05, 3.63) is 40.2 Å². The van der Waals surface area contributed by atoms with Crippen LogP contribution in [0.3, 0.4) is 0 Å². The Bertz CT molecular complexity index is 825. The molecule has 134 valence electrons. The number of carbonyl (C=O) groups is 1. The Morgan fingerprint density at radius 3 is 2.96 bits per heavy atom. The molecule has 0 bridgehead atoms. The third-order valence-electron chi connectivity index (χ3n) is 4.70. The molecule has 1 aliphatic heterocycles. The molecular formula is C17H24N6O2. The van der Waals surface area contributed by atoms with E-state index in [2.05, 4.69) is 15.4 Å². The predicted octanol–water partition coefficient (Wildman–Crippen LogP) is 1.06. The van der Waals surface area contributed by atoms with Gasteiger partial charge in [-0.15, -0.1) is 0 Å². The molecule has 1 saturated heterocycles. The van der Waals surface area contributed by atoms with Crippen LogP contribution in [0.2, 0.25) is 0 Å². The van der Waals surface area contributed by atoms with Crippen molar-refractivity contribution in [3.63, 3.8) is 0 Å². The molecule has 0 aliphatic carbocycles. The van der Waals surface area contributed by atoms with Crippen LogP contribution < -0.4 is 11.0 Å². The lowest BCUT2D eigenvalue weighted by atomic mass is 9.96. The van der Waals surface area contributed by atoms with Crippen molar-refractivity contribution in [1.29, 1.82) is 0 Å². The van der Waals surface area contributed by atoms with Gasteiger partial charge in [0.15, 0.2) is 0 Å². The Labute approximate surface area is 146 Å². The van der Waals surface area contributed by atoms with Gasteiger partial charge in [-0.05, 0) is 31.9 Å². The third kappa shape index (κ3) is 3.16. The predicted molar refractivity (Wildman–Crippen MR) is 94.8 cm³/mol. The maximum absolute atomic E-state index is 12.9. The van der Waals surface area contributed by atoms with Crippen molar-refractivity contribution < 1.29 is 4.79 Å². The minimum atomic E-state index is -0.106. The lowest BCUT2D eigenvalue weighted by molar-refractivity contribution is 0.0703. The molecule has 0 spiro atoms. The van der Waals surface area contributed by atoms with E-state index in [4.69, 9.17) is 0 Å². The molecule has 2 aromatic heterocycles. The van der Waals surface area contributed by atoms with Crippen molar-refractivity contribution in [2.45, 2.75) is 32.2 Å². The first-order valence-electron chi connectivity index (χ1n) is 8.62. The number of hydrogen-bond donors (Lipinski definition) is 1. The molecule has 25 heavy (non-hydrogen) atoms. The first-order valence-corrected chi connectivity index (χ1v) is 8.62. The number of amides is 1. The van der Waals surface area contributed by atoms with Crippen LogP contribution in [-0.4, -0.2) is 50.3 Å². The molecule has 2 aromatic rings. The number of aryl methyl sites for hydroxylation is 1. The van der Waals surface area contributed by atoms with E-state index in [1.165, 1.54) is 4.68 Å². The monoisotopic (exact) mass is 344 g/mol. The molecule has 8 nitrogen and oxygen atoms in total. The summed E-state index contributed by atoms with van der Waals surface area (Å²) in [6.45, 7) is 3.79. The summed E-state index contributed by atoms with van der Waals surface area (Å²) in [5.41, 5.74) is 0.463. The van der Waals surface area contributed by atoms with Crippen molar-refractivity contribution in [2.75, 3.05) is 25.5 Å². The lowest BCUT2D eigenvalue weighted by Crippen LogP contribution is -2.40. The zero-order chi connectivity index (χ0) is 18.0. The molecule has 3 rings (SSSR count). The van der Waals surface area contributed by atoms with Crippen LogP contribution in [0.15, 0.2) is 23.1 Å². The number of nitrogens with zero attached hydrogens (tertiary/aromatic N) is 5. The van der Waals surface area contributed by atoms with Crippen LogP contribution in [-0.2, 0) is 13.6 Å². The van der Waals surface area contributed by atoms with Gasteiger partial charge in [-0.25, -0.2) is 14.5 Å². The Morgan fingerprint density at radius 2 is 2.24 bits per heavy atom. The summed E-state index contributed by atoms with van der Waals surface area (Å²) in [6, 6.07) is 3.55. The van der Waals surface area contributed by atoms with E-state index < -0.39 is 0 Å². The molecule has 0 saturated carbocycles. The van der Waals surface area contributed by atoms with Gasteiger partial charge in [0.2, 0.25) is 0 Å². The maximum Gasteiger partial charge on any atom is 0.345 e. The van der Waals surface area contributed by atoms with Gasteiger partial charge in [-0.1, -0.05) is 0 Å². The summed E-state index contributed by atoms with van der Waals surface area (Å²) in [5, 5.41) is 7.38. The molecule has 1 N–H and O–H groups in total. The van der Waals surface area contributed by atoms with Gasteiger partial charge in [-0.2, -0.15) is 5.10 Å². The van der Waals surface area contributed by atoms with Crippen LogP contribution in [0.25, 0.3) is 0 Å². The highest BCUT2D eigenvalue weighted by Gasteiger charge is 2.30. The topological polar surface area (TPSA) is 85.1 Å². The summed E-state index contributed by atoms with van der Waals surface area (Å²) in [5.74, 6) is 1.38. The Balaban J connectivity index is 1.85. The number of anilines is 1. The Morgan fingerprint density at radius 1 is 1.44 bits per heavy atom. The smallest absolute Gasteiger partial charge is 0.345 e. The minimum Gasteiger partial charge on any atom is -0.372 e. The average Bonchev–Trinajstić information content (AvgIpc) is 2.95. The fourth-order valence-electron chi connectivity index (χ4n) is 3.44. The minimum absolute atomic E-state index is 0.0384. The molecule has 0 aromatic carbocycles. The fraction of sp³-hybridized carbons (Fsp3) is 0.529. The number of aromatic nitrogens is 4. The van der Waals surface area contributed by atoms with Gasteiger partial charge in [0.05, 0.1) is 5.56 Å². The van der Waals surface area contributed by atoms with E-state index >= 15 is 0 Å². The number of carbonyl (C=O) groups excluding carboxylic acids is 1. The average molecular weight is 344 g/mol. The Hall–Kier alpha value is -2.64. The first kappa shape index (κ1) is 17.2. The van der Waals surface area contributed by atoms with Gasteiger partial charge >= 0.3 is 5.69 Å². The second-order valence-corrected chi connectivity index (χ2v) is 6.25. The molecular weight excluding hydrogens is 320 g/mol. The van der Waals surface area contributed by atoms with Gasteiger partial charge in [-0.3, -0.25) is 9.36 Å². The summed E-state index contributed by atoms with van der Waals surface area (Å²) in [7, 11) is 3.42. The Kier molecular flexibility index (Phi) is 4.87. The highest BCUT2D eigenvalue weighted by molar-refractivity contribution is 5.98. The number of nitrogens with one attached hydrogen (secondary N) is 1. The number of likely N-dealkylation sites (tertiary alicyclic amines) is 1. The second-order valence-electron chi connectivity index (χ2n) is 6.25. The molecule has 0 unspecified atom stereocenters. The molecule has 8 heteroatoms. The van der Waals surface area contributed by atoms with E-state index in [9.17, 15) is 9.59 Å². The summed E-state index contributed by atoms with van der Waals surface area (Å²) >= 11 is 0. The summed E-state index contributed by atoms with van der Waals surface area (Å²) in [4.78, 5) is 31.1. The third-order valence-corrected chi connectivity index (χ3v) is 4.70. The largest absolute Gasteiger partial charge is 0.372 e. The molecule has 1 fully saturated rings. The zero-order valence-corrected chi connectivity index (χ0v) is 14.9. The standard InChI is InChI=1S/C17H24N6O2/c1-4-23-15(20-21(3)17(23)25)12-7-6-10-22(11-12)16(24)13-8-5-9-19-14(13)18-2/h5,8-9,12H,4,6-7,10-11H2,1-3H3,(H,18,19)/t12-/m1/s1. The number of hydrogen-bond acceptors (Lipinski definition) is 5. The van der Waals surface area contributed by atoms with Crippen molar-refractivity contribution in [3.8, 4) is 0 Å². The molecule has 0 radical (unpaired) electrons. The number of rotatable bonds is 4. The number of pyridine rings is 1. The van der Waals surface area contributed by atoms with Crippen LogP contribution in [0.5, 0.6) is 0 Å². The summed E-state index contributed by atoms with van der Waals surface area (Å²) in [6.07, 6.45) is 3.47. The lowest BCUT2D eigenvalue weighted by Gasteiger charge is -2.32. The maximum atomic E-state index is 12.9. The van der Waals surface area contributed by atoms with Crippen molar-refractivity contribution >= 4 is 11.7 Å². The van der Waals surface area contributed by atoms with Crippen LogP contribution in [0, 0.1) is 0 Å². The van der Waals surface area contributed by atoms with Crippen molar-refractivity contribution in [2.24, 2.45) is 7.05 Å². The second kappa shape index (κ2) is 7.08. The molecule has 1 aliphatic rings. The van der Waals surface area contributed by atoms with Gasteiger partial charge in [0.1, 0.15) is 11.6 Å². The number of piperidine rings is 1. The molecule has 3 heterocycles. The first-order chi connectivity index (χ1) is 12.1. The van der Waals surface area contributed by atoms with E-state index in [-0.39, 0.29) is 17.5 Å². The quantitative estimate of drug-likeness (QED) is 0.896. The molecule has 1 amide bonds. The van der Waals surface area contributed by atoms with Crippen LogP contribution in [0.1, 0.15) is 41.9 Å². The van der Waals surface area contributed by atoms with Crippen LogP contribution >= 0.6 is 0 Å². The SMILES string of the molecule is CCn1c([C@@H]2CCCN(C(=O)c3cccnc3NC)C2)nn(C)c1=O. The normalized spacial score (nSPS) is 17.6. The van der Waals surface area contributed by atoms with E-state index in [0.717, 1.165) is 18.7 Å². The summed E-state index contributed by atoms with van der Waals surface area (Å²) < 4.78 is 3.07. The van der Waals surface area contributed by atoms with Crippen molar-refractivity contribution in [1.82, 2.24) is 24.2 Å². The van der Waals surface area contributed by atoms with Crippen LogP contribution in [0.4, 0.5) is 5.82 Å². The zero-order valence-electron chi connectivity index (χ0n) is 14.9. The van der Waals surface area contributed by atoms with Gasteiger partial charge in [0.25, 0.3) is 5.91 Å². The van der Waals surface area contributed by atoms with E-state index in [1.54, 1.807) is 37.0 Å². The van der Waals surface area contributed by atoms with E-state index in [0.29, 0.717) is 31.0 Å². The fourth-order valence-corrected chi connectivity index (χ4v) is 3.44.